The number of nitrogens with zero attached hydrogens (tertiary/aromatic N) is 1. The lowest BCUT2D eigenvalue weighted by Gasteiger charge is -2.33. The maximum absolute atomic E-state index is 2.42. The normalized spacial score (nSPS) is 13.8. The zero-order valence-electron chi connectivity index (χ0n) is 16.7. The fourth-order valence-electron chi connectivity index (χ4n) is 3.53. The Bertz CT molecular complexity index is 386. The van der Waals surface area contributed by atoms with E-state index in [0.717, 1.165) is 0 Å². The molecule has 0 fully saturated rings. The van der Waals surface area contributed by atoms with Gasteiger partial charge in [-0.2, -0.15) is 0 Å². The predicted molar refractivity (Wildman–Crippen MR) is 108 cm³/mol. The molecule has 0 saturated heterocycles. The fourth-order valence-corrected chi connectivity index (χ4v) is 3.53. The molecular formula is C23H42N+. The highest BCUT2D eigenvalue weighted by molar-refractivity contribution is 5.13. The average molecular weight is 333 g/mol. The third kappa shape index (κ3) is 10.1. The summed E-state index contributed by atoms with van der Waals surface area (Å²) >= 11 is 0. The monoisotopic (exact) mass is 332 g/mol. The van der Waals surface area contributed by atoms with Gasteiger partial charge in [0.2, 0.25) is 0 Å². The Kier molecular flexibility index (Phi) is 11.9. The molecule has 1 rings (SSSR count). The van der Waals surface area contributed by atoms with Gasteiger partial charge in [0.15, 0.2) is 0 Å². The first-order valence-electron chi connectivity index (χ1n) is 10.6. The molecule has 0 aromatic heterocycles. The number of rotatable bonds is 15. The van der Waals surface area contributed by atoms with Crippen LogP contribution in [-0.4, -0.2) is 24.6 Å². The van der Waals surface area contributed by atoms with Gasteiger partial charge in [-0.1, -0.05) is 95.0 Å². The molecule has 0 radical (unpaired) electrons. The van der Waals surface area contributed by atoms with Gasteiger partial charge in [-0.25, -0.2) is 0 Å². The van der Waals surface area contributed by atoms with Crippen molar-refractivity contribution >= 4 is 0 Å². The summed E-state index contributed by atoms with van der Waals surface area (Å²) < 4.78 is 1.18. The Balaban J connectivity index is 2.04. The van der Waals surface area contributed by atoms with Crippen LogP contribution in [-0.2, 0) is 6.54 Å². The molecule has 0 saturated carbocycles. The van der Waals surface area contributed by atoms with Crippen LogP contribution in [0.25, 0.3) is 0 Å². The van der Waals surface area contributed by atoms with Crippen LogP contribution in [0.5, 0.6) is 0 Å². The van der Waals surface area contributed by atoms with Crippen molar-refractivity contribution in [2.24, 2.45) is 0 Å². The molecule has 0 N–H and O–H groups in total. The summed E-state index contributed by atoms with van der Waals surface area (Å²) in [5.41, 5.74) is 1.48. The maximum atomic E-state index is 2.42. The lowest BCUT2D eigenvalue weighted by molar-refractivity contribution is -0.921. The predicted octanol–water partition coefficient (Wildman–Crippen LogP) is 6.96. The van der Waals surface area contributed by atoms with E-state index in [4.69, 9.17) is 0 Å². The number of benzene rings is 1. The summed E-state index contributed by atoms with van der Waals surface area (Å²) in [5.74, 6) is 0. The molecule has 1 heteroatoms. The Labute approximate surface area is 152 Å². The van der Waals surface area contributed by atoms with Gasteiger partial charge in [-0.05, 0) is 19.8 Å². The molecule has 0 aliphatic heterocycles. The lowest BCUT2D eigenvalue weighted by Crippen LogP contribution is -2.43. The molecule has 1 nitrogen and oxygen atoms in total. The molecule has 0 aliphatic carbocycles. The average Bonchev–Trinajstić information content (AvgIpc) is 2.60. The van der Waals surface area contributed by atoms with Crippen LogP contribution in [0.2, 0.25) is 0 Å². The van der Waals surface area contributed by atoms with Gasteiger partial charge in [0.1, 0.15) is 6.54 Å². The molecule has 138 valence electrons. The highest BCUT2D eigenvalue weighted by Crippen LogP contribution is 2.15. The van der Waals surface area contributed by atoms with E-state index in [1.807, 2.05) is 0 Å². The Morgan fingerprint density at radius 1 is 0.667 bits per heavy atom. The Morgan fingerprint density at radius 3 is 1.67 bits per heavy atom. The minimum absolute atomic E-state index is 1.18. The summed E-state index contributed by atoms with van der Waals surface area (Å²) in [6.07, 6.45) is 15.7. The second-order valence-electron chi connectivity index (χ2n) is 7.84. The molecule has 0 heterocycles. The van der Waals surface area contributed by atoms with Crippen molar-refractivity contribution in [2.45, 2.75) is 91.0 Å². The number of unbranched alkanes of at least 4 members (excludes halogenated alkanes) is 10. The topological polar surface area (TPSA) is 0 Å². The van der Waals surface area contributed by atoms with Crippen molar-refractivity contribution in [1.82, 2.24) is 0 Å². The highest BCUT2D eigenvalue weighted by Gasteiger charge is 2.18. The van der Waals surface area contributed by atoms with Crippen molar-refractivity contribution < 1.29 is 4.48 Å². The Morgan fingerprint density at radius 2 is 1.17 bits per heavy atom. The first-order chi connectivity index (χ1) is 11.7. The van der Waals surface area contributed by atoms with Crippen LogP contribution in [0.1, 0.15) is 90.0 Å². The van der Waals surface area contributed by atoms with Gasteiger partial charge in [-0.3, -0.25) is 0 Å². The number of quaternary nitrogens is 1. The summed E-state index contributed by atoms with van der Waals surface area (Å²) in [7, 11) is 2.42. The summed E-state index contributed by atoms with van der Waals surface area (Å²) in [5, 5.41) is 0. The van der Waals surface area contributed by atoms with Crippen molar-refractivity contribution in [1.29, 1.82) is 0 Å². The zero-order chi connectivity index (χ0) is 17.5. The largest absolute Gasteiger partial charge is 0.323 e. The van der Waals surface area contributed by atoms with Gasteiger partial charge < -0.3 is 4.48 Å². The number of hydrogen-bond acceptors (Lipinski definition) is 0. The van der Waals surface area contributed by atoms with E-state index < -0.39 is 0 Å². The summed E-state index contributed by atoms with van der Waals surface area (Å²) in [6, 6.07) is 11.0. The van der Waals surface area contributed by atoms with Crippen LogP contribution >= 0.6 is 0 Å². The van der Waals surface area contributed by atoms with Crippen molar-refractivity contribution in [3.63, 3.8) is 0 Å². The van der Waals surface area contributed by atoms with E-state index in [1.54, 1.807) is 0 Å². The minimum atomic E-state index is 1.18. The SMILES string of the molecule is CCCCCCCCCCCCC[N+](C)(CC)Cc1ccccc1. The van der Waals surface area contributed by atoms with E-state index in [-0.39, 0.29) is 0 Å². The first-order valence-corrected chi connectivity index (χ1v) is 10.6. The van der Waals surface area contributed by atoms with Gasteiger partial charge >= 0.3 is 0 Å². The van der Waals surface area contributed by atoms with Crippen molar-refractivity contribution in [3.05, 3.63) is 35.9 Å². The highest BCUT2D eigenvalue weighted by atomic mass is 15.3. The van der Waals surface area contributed by atoms with E-state index in [9.17, 15) is 0 Å². The summed E-state index contributed by atoms with van der Waals surface area (Å²) in [6.45, 7) is 8.35. The van der Waals surface area contributed by atoms with Crippen molar-refractivity contribution in [2.75, 3.05) is 20.1 Å². The summed E-state index contributed by atoms with van der Waals surface area (Å²) in [4.78, 5) is 0. The molecule has 1 unspecified atom stereocenters. The van der Waals surface area contributed by atoms with Crippen molar-refractivity contribution in [3.8, 4) is 0 Å². The molecular weight excluding hydrogens is 290 g/mol. The maximum Gasteiger partial charge on any atom is 0.104 e. The standard InChI is InChI=1S/C23H42N/c1-4-6-7-8-9-10-11-12-13-14-18-21-24(3,5-2)22-23-19-16-15-17-20-23/h15-17,19-20H,4-14,18,21-22H2,1-3H3/q+1. The van der Waals surface area contributed by atoms with Gasteiger partial charge in [0.05, 0.1) is 20.1 Å². The molecule has 0 aliphatic rings. The van der Waals surface area contributed by atoms with Crippen LogP contribution in [0.4, 0.5) is 0 Å². The Hall–Kier alpha value is -0.820. The zero-order valence-corrected chi connectivity index (χ0v) is 16.7. The van der Waals surface area contributed by atoms with Gasteiger partial charge in [0, 0.05) is 5.56 Å². The van der Waals surface area contributed by atoms with E-state index in [1.165, 1.54) is 100 Å². The van der Waals surface area contributed by atoms with Gasteiger partial charge in [-0.15, -0.1) is 0 Å². The molecule has 1 aromatic rings. The van der Waals surface area contributed by atoms with Crippen LogP contribution in [0, 0.1) is 0 Å². The third-order valence-electron chi connectivity index (χ3n) is 5.47. The third-order valence-corrected chi connectivity index (χ3v) is 5.47. The van der Waals surface area contributed by atoms with E-state index in [0.29, 0.717) is 0 Å². The minimum Gasteiger partial charge on any atom is -0.323 e. The first kappa shape index (κ1) is 21.2. The number of hydrogen-bond donors (Lipinski definition) is 0. The molecule has 1 atom stereocenters. The molecule has 0 spiro atoms. The molecule has 1 aromatic carbocycles. The van der Waals surface area contributed by atoms with Crippen LogP contribution < -0.4 is 0 Å². The van der Waals surface area contributed by atoms with Crippen LogP contribution in [0.15, 0.2) is 30.3 Å². The quantitative estimate of drug-likeness (QED) is 0.240. The molecule has 24 heavy (non-hydrogen) atoms. The molecule has 0 bridgehead atoms. The molecule has 0 amide bonds. The van der Waals surface area contributed by atoms with Gasteiger partial charge in [0.25, 0.3) is 0 Å². The second-order valence-corrected chi connectivity index (χ2v) is 7.84. The van der Waals surface area contributed by atoms with E-state index in [2.05, 4.69) is 51.2 Å². The second kappa shape index (κ2) is 13.5. The fraction of sp³-hybridized carbons (Fsp3) is 0.739. The lowest BCUT2D eigenvalue weighted by atomic mass is 10.1. The smallest absolute Gasteiger partial charge is 0.104 e. The van der Waals surface area contributed by atoms with E-state index >= 15 is 0 Å². The van der Waals surface area contributed by atoms with Crippen LogP contribution in [0.3, 0.4) is 0 Å².